The average molecular weight is 592 g/mol. The van der Waals surface area contributed by atoms with Gasteiger partial charge >= 0.3 is 0 Å². The van der Waals surface area contributed by atoms with E-state index in [0.29, 0.717) is 23.3 Å². The number of methoxy groups -OCH3 is 2. The molecule has 228 valence electrons. The van der Waals surface area contributed by atoms with Gasteiger partial charge in [0, 0.05) is 47.8 Å². The minimum absolute atomic E-state index is 0.0145. The summed E-state index contributed by atoms with van der Waals surface area (Å²) in [5, 5.41) is 27.5. The zero-order chi connectivity index (χ0) is 31.5. The van der Waals surface area contributed by atoms with Crippen molar-refractivity contribution in [3.8, 4) is 17.6 Å². The molecule has 2 bridgehead atoms. The van der Waals surface area contributed by atoms with Gasteiger partial charge in [0.05, 0.1) is 32.4 Å². The maximum absolute atomic E-state index is 13.9. The van der Waals surface area contributed by atoms with E-state index in [2.05, 4.69) is 21.6 Å². The summed E-state index contributed by atoms with van der Waals surface area (Å²) in [6, 6.07) is 0.763. The Morgan fingerprint density at radius 2 is 1.86 bits per heavy atom. The summed E-state index contributed by atoms with van der Waals surface area (Å²) < 4.78 is 10.9. The summed E-state index contributed by atoms with van der Waals surface area (Å²) in [5.74, 6) is -1.31. The van der Waals surface area contributed by atoms with Gasteiger partial charge in [-0.3, -0.25) is 29.0 Å². The van der Waals surface area contributed by atoms with E-state index in [1.165, 1.54) is 21.1 Å². The number of benzene rings is 1. The van der Waals surface area contributed by atoms with Gasteiger partial charge in [0.1, 0.15) is 12.1 Å². The molecular formula is C31H37N5O7. The molecule has 1 aromatic carbocycles. The zero-order valence-electron chi connectivity index (χ0n) is 25.4. The lowest BCUT2D eigenvalue weighted by Crippen LogP contribution is -2.71. The van der Waals surface area contributed by atoms with Gasteiger partial charge in [0.15, 0.2) is 23.0 Å². The molecule has 6 atom stereocenters. The predicted molar refractivity (Wildman–Crippen MR) is 154 cm³/mol. The molecule has 2 amide bonds. The molecule has 12 heteroatoms. The second kappa shape index (κ2) is 11.1. The number of rotatable bonds is 6. The number of amides is 2. The number of carbonyl (C=O) groups excluding carboxylic acids is 4. The number of likely N-dealkylation sites (N-methyl/N-ethyl adjacent to an activating group) is 1. The number of aromatic hydroxyl groups is 1. The van der Waals surface area contributed by atoms with Crippen molar-refractivity contribution in [2.45, 2.75) is 76.8 Å². The van der Waals surface area contributed by atoms with Gasteiger partial charge in [-0.05, 0) is 51.8 Å². The van der Waals surface area contributed by atoms with Crippen LogP contribution in [-0.2, 0) is 30.3 Å². The molecule has 1 saturated heterocycles. The first kappa shape index (κ1) is 30.3. The normalized spacial score (nSPS) is 27.4. The summed E-state index contributed by atoms with van der Waals surface area (Å²) >= 11 is 0. The minimum Gasteiger partial charge on any atom is -0.504 e. The summed E-state index contributed by atoms with van der Waals surface area (Å²) in [6.07, 6.45) is 0.609. The Labute approximate surface area is 250 Å². The van der Waals surface area contributed by atoms with E-state index >= 15 is 0 Å². The SMILES string of the molecule is COC1=C(C)C(=O)C2=C(C1=O)[C@H](CNC(=O)[C@H](C)NC(C)=O)N1C(C2)C2c3c(cc(C)c(OC)c3O)C[C@@H]([C@@H]1C#N)N2C. The van der Waals surface area contributed by atoms with Crippen LogP contribution in [0.2, 0.25) is 0 Å². The Morgan fingerprint density at radius 3 is 2.47 bits per heavy atom. The number of Topliss-reactive ketones (excluding diaryl/α,β-unsaturated/α-hetero) is 2. The van der Waals surface area contributed by atoms with Crippen LogP contribution in [-0.4, -0.2) is 96.3 Å². The highest BCUT2D eigenvalue weighted by Crippen LogP contribution is 2.53. The highest BCUT2D eigenvalue weighted by Gasteiger charge is 2.57. The zero-order valence-corrected chi connectivity index (χ0v) is 25.4. The maximum atomic E-state index is 13.9. The Hall–Kier alpha value is -4.21. The molecule has 4 aliphatic rings. The van der Waals surface area contributed by atoms with E-state index in [0.717, 1.165) is 11.1 Å². The lowest BCUT2D eigenvalue weighted by atomic mass is 9.69. The molecule has 0 aromatic heterocycles. The minimum atomic E-state index is -0.851. The fraction of sp³-hybridized carbons (Fsp3) is 0.516. The first-order valence-corrected chi connectivity index (χ1v) is 14.3. The smallest absolute Gasteiger partial charge is 0.242 e. The summed E-state index contributed by atoms with van der Waals surface area (Å²) in [6.45, 7) is 6.17. The number of carbonyl (C=O) groups is 4. The van der Waals surface area contributed by atoms with Gasteiger partial charge in [-0.15, -0.1) is 0 Å². The van der Waals surface area contributed by atoms with Gasteiger partial charge in [-0.1, -0.05) is 6.07 Å². The average Bonchev–Trinajstić information content (AvgIpc) is 2.95. The van der Waals surface area contributed by atoms with Crippen molar-refractivity contribution in [2.24, 2.45) is 0 Å². The second-order valence-corrected chi connectivity index (χ2v) is 11.7. The number of hydrogen-bond acceptors (Lipinski definition) is 10. The molecule has 3 heterocycles. The molecule has 1 aliphatic carbocycles. The third-order valence-electron chi connectivity index (χ3n) is 9.35. The Balaban J connectivity index is 1.67. The summed E-state index contributed by atoms with van der Waals surface area (Å²) in [5.41, 5.74) is 3.05. The maximum Gasteiger partial charge on any atom is 0.242 e. The van der Waals surface area contributed by atoms with E-state index in [1.807, 2.05) is 24.9 Å². The quantitative estimate of drug-likeness (QED) is 0.407. The van der Waals surface area contributed by atoms with Crippen molar-refractivity contribution in [1.82, 2.24) is 20.4 Å². The molecule has 1 fully saturated rings. The fourth-order valence-electron chi connectivity index (χ4n) is 7.53. The first-order chi connectivity index (χ1) is 20.4. The van der Waals surface area contributed by atoms with Crippen LogP contribution in [0.25, 0.3) is 0 Å². The van der Waals surface area contributed by atoms with Crippen LogP contribution in [0.5, 0.6) is 11.5 Å². The number of piperazine rings is 1. The number of fused-ring (bicyclic) bond motifs is 6. The largest absolute Gasteiger partial charge is 0.504 e. The molecule has 3 aliphatic heterocycles. The summed E-state index contributed by atoms with van der Waals surface area (Å²) in [7, 11) is 4.74. The Kier molecular flexibility index (Phi) is 7.83. The number of aryl methyl sites for hydroxylation is 1. The van der Waals surface area contributed by atoms with Gasteiger partial charge in [-0.25, -0.2) is 0 Å². The highest BCUT2D eigenvalue weighted by atomic mass is 16.5. The molecular weight excluding hydrogens is 554 g/mol. The molecule has 5 rings (SSSR count). The number of phenols is 1. The van der Waals surface area contributed by atoms with Crippen molar-refractivity contribution in [1.29, 1.82) is 5.26 Å². The lowest BCUT2D eigenvalue weighted by Gasteiger charge is -2.60. The van der Waals surface area contributed by atoms with Crippen LogP contribution in [0.15, 0.2) is 28.5 Å². The number of allylic oxidation sites excluding steroid dienone is 2. The number of nitrogens with one attached hydrogen (secondary N) is 2. The molecule has 0 saturated carbocycles. The van der Waals surface area contributed by atoms with Crippen molar-refractivity contribution in [3.63, 3.8) is 0 Å². The third kappa shape index (κ3) is 4.58. The summed E-state index contributed by atoms with van der Waals surface area (Å²) in [4.78, 5) is 56.2. The number of nitriles is 1. The monoisotopic (exact) mass is 591 g/mol. The Morgan fingerprint density at radius 1 is 1.16 bits per heavy atom. The van der Waals surface area contributed by atoms with E-state index in [1.54, 1.807) is 13.8 Å². The number of ether oxygens (including phenoxy) is 2. The van der Waals surface area contributed by atoms with E-state index in [4.69, 9.17) is 9.47 Å². The molecule has 0 spiro atoms. The van der Waals surface area contributed by atoms with E-state index < -0.39 is 41.9 Å². The van der Waals surface area contributed by atoms with Gasteiger partial charge in [0.2, 0.25) is 17.6 Å². The number of nitrogens with zero attached hydrogens (tertiary/aromatic N) is 3. The molecule has 12 nitrogen and oxygen atoms in total. The second-order valence-electron chi connectivity index (χ2n) is 11.7. The standard InChI is InChI=1S/C31H37N5O7/c1-13-8-17-9-19-21(11-32)36-20(25(35(19)5)23(17)27(39)29(13)42-6)10-18-24(28(40)30(43-7)14(2)26(18)38)22(36)12-33-31(41)15(3)34-16(4)37/h8,15,19-22,25,39H,9-10,12H2,1-7H3,(H,33,41)(H,34,37)/t15-,19-,20?,21-,22-,25?/m0/s1. The van der Waals surface area contributed by atoms with Crippen LogP contribution < -0.4 is 15.4 Å². The molecule has 43 heavy (non-hydrogen) atoms. The van der Waals surface area contributed by atoms with Crippen LogP contribution in [0.1, 0.15) is 49.9 Å². The molecule has 3 N–H and O–H groups in total. The van der Waals surface area contributed by atoms with Gasteiger partial charge in [-0.2, -0.15) is 5.26 Å². The Bertz CT molecular complexity index is 1540. The molecule has 1 aromatic rings. The topological polar surface area (TPSA) is 161 Å². The lowest BCUT2D eigenvalue weighted by molar-refractivity contribution is -0.128. The highest BCUT2D eigenvalue weighted by molar-refractivity contribution is 6.25. The van der Waals surface area contributed by atoms with E-state index in [9.17, 15) is 29.5 Å². The van der Waals surface area contributed by atoms with Gasteiger partial charge < -0.3 is 25.2 Å². The predicted octanol–water partition coefficient (Wildman–Crippen LogP) is 0.965. The van der Waals surface area contributed by atoms with Crippen molar-refractivity contribution >= 4 is 23.4 Å². The van der Waals surface area contributed by atoms with Crippen molar-refractivity contribution in [2.75, 3.05) is 27.8 Å². The molecule has 2 unspecified atom stereocenters. The van der Waals surface area contributed by atoms with Crippen LogP contribution in [0.4, 0.5) is 0 Å². The number of ketones is 2. The number of phenolic OH excluding ortho intramolecular Hbond substituents is 1. The van der Waals surface area contributed by atoms with Crippen LogP contribution >= 0.6 is 0 Å². The van der Waals surface area contributed by atoms with Crippen LogP contribution in [0.3, 0.4) is 0 Å². The van der Waals surface area contributed by atoms with Crippen molar-refractivity contribution < 1.29 is 33.8 Å². The molecule has 0 radical (unpaired) electrons. The fourth-order valence-corrected chi connectivity index (χ4v) is 7.53. The van der Waals surface area contributed by atoms with Gasteiger partial charge in [0.25, 0.3) is 0 Å². The third-order valence-corrected chi connectivity index (χ3v) is 9.35. The van der Waals surface area contributed by atoms with Crippen LogP contribution in [0, 0.1) is 18.3 Å². The van der Waals surface area contributed by atoms with E-state index in [-0.39, 0.29) is 53.4 Å². The number of hydrogen-bond donors (Lipinski definition) is 3. The first-order valence-electron chi connectivity index (χ1n) is 14.3. The van der Waals surface area contributed by atoms with Crippen molar-refractivity contribution in [3.05, 3.63) is 45.2 Å².